The Morgan fingerprint density at radius 3 is 2.90 bits per heavy atom. The third kappa shape index (κ3) is 3.18. The summed E-state index contributed by atoms with van der Waals surface area (Å²) in [7, 11) is -3.50. The SMILES string of the molecule is NCCn1cc(S(=O)(=O)N(Cc2ccsc2)C2CC2)cn1. The molecule has 6 nitrogen and oxygen atoms in total. The lowest BCUT2D eigenvalue weighted by atomic mass is 10.3. The van der Waals surface area contributed by atoms with Crippen molar-refractivity contribution in [2.75, 3.05) is 6.54 Å². The number of rotatable bonds is 7. The lowest BCUT2D eigenvalue weighted by Crippen LogP contribution is -2.32. The Hall–Kier alpha value is -1.22. The maximum absolute atomic E-state index is 12.8. The van der Waals surface area contributed by atoms with Crippen LogP contribution in [0.5, 0.6) is 0 Å². The monoisotopic (exact) mass is 326 g/mol. The molecular formula is C13H18N4O2S2. The Labute approximate surface area is 128 Å². The van der Waals surface area contributed by atoms with Crippen LogP contribution in [0.2, 0.25) is 0 Å². The molecule has 0 radical (unpaired) electrons. The highest BCUT2D eigenvalue weighted by molar-refractivity contribution is 7.89. The van der Waals surface area contributed by atoms with E-state index >= 15 is 0 Å². The number of nitrogens with zero attached hydrogens (tertiary/aromatic N) is 3. The summed E-state index contributed by atoms with van der Waals surface area (Å²) in [5.41, 5.74) is 6.50. The first kappa shape index (κ1) is 14.7. The molecule has 8 heteroatoms. The topological polar surface area (TPSA) is 81.2 Å². The van der Waals surface area contributed by atoms with Gasteiger partial charge in [0.25, 0.3) is 0 Å². The van der Waals surface area contributed by atoms with Crippen molar-refractivity contribution in [3.8, 4) is 0 Å². The van der Waals surface area contributed by atoms with Crippen molar-refractivity contribution in [3.05, 3.63) is 34.8 Å². The van der Waals surface area contributed by atoms with Crippen LogP contribution in [0.15, 0.2) is 34.1 Å². The minimum absolute atomic E-state index is 0.118. The van der Waals surface area contributed by atoms with Crippen molar-refractivity contribution >= 4 is 21.4 Å². The molecule has 0 bridgehead atoms. The predicted molar refractivity (Wildman–Crippen MR) is 81.4 cm³/mol. The second kappa shape index (κ2) is 5.88. The maximum Gasteiger partial charge on any atom is 0.246 e. The normalized spacial score (nSPS) is 15.7. The van der Waals surface area contributed by atoms with Crippen molar-refractivity contribution in [2.45, 2.75) is 36.9 Å². The minimum Gasteiger partial charge on any atom is -0.329 e. The predicted octanol–water partition coefficient (Wildman–Crippen LogP) is 1.26. The second-order valence-corrected chi connectivity index (χ2v) is 7.81. The molecule has 114 valence electrons. The summed E-state index contributed by atoms with van der Waals surface area (Å²) in [5, 5.41) is 8.02. The summed E-state index contributed by atoms with van der Waals surface area (Å²) in [5.74, 6) is 0. The van der Waals surface area contributed by atoms with Crippen molar-refractivity contribution < 1.29 is 8.42 Å². The van der Waals surface area contributed by atoms with Crippen LogP contribution in [0.1, 0.15) is 18.4 Å². The average molecular weight is 326 g/mol. The fourth-order valence-electron chi connectivity index (χ4n) is 2.20. The zero-order chi connectivity index (χ0) is 14.9. The van der Waals surface area contributed by atoms with Gasteiger partial charge in [-0.3, -0.25) is 4.68 Å². The molecule has 2 aromatic heterocycles. The molecule has 21 heavy (non-hydrogen) atoms. The number of aromatic nitrogens is 2. The Morgan fingerprint density at radius 1 is 1.48 bits per heavy atom. The Morgan fingerprint density at radius 2 is 2.29 bits per heavy atom. The van der Waals surface area contributed by atoms with Crippen LogP contribution in [0.25, 0.3) is 0 Å². The van der Waals surface area contributed by atoms with Crippen molar-refractivity contribution in [3.63, 3.8) is 0 Å². The Bertz CT molecular complexity index is 690. The third-order valence-corrected chi connectivity index (χ3v) is 6.03. The number of thiophene rings is 1. The van der Waals surface area contributed by atoms with E-state index in [9.17, 15) is 8.42 Å². The van der Waals surface area contributed by atoms with Crippen LogP contribution >= 0.6 is 11.3 Å². The Kier molecular flexibility index (Phi) is 4.12. The van der Waals surface area contributed by atoms with Gasteiger partial charge in [-0.1, -0.05) is 0 Å². The summed E-state index contributed by atoms with van der Waals surface area (Å²) in [4.78, 5) is 0.248. The first-order chi connectivity index (χ1) is 10.1. The van der Waals surface area contributed by atoms with E-state index in [1.807, 2.05) is 16.8 Å². The Balaban J connectivity index is 1.85. The molecule has 1 aliphatic carbocycles. The lowest BCUT2D eigenvalue weighted by Gasteiger charge is -2.20. The van der Waals surface area contributed by atoms with Crippen molar-refractivity contribution in [1.82, 2.24) is 14.1 Å². The summed E-state index contributed by atoms with van der Waals surface area (Å²) < 4.78 is 28.8. The molecule has 0 atom stereocenters. The van der Waals surface area contributed by atoms with E-state index in [4.69, 9.17) is 5.73 Å². The second-order valence-electron chi connectivity index (χ2n) is 5.14. The number of sulfonamides is 1. The molecule has 0 aromatic carbocycles. The van der Waals surface area contributed by atoms with Gasteiger partial charge in [-0.05, 0) is 35.2 Å². The highest BCUT2D eigenvalue weighted by Crippen LogP contribution is 2.33. The van der Waals surface area contributed by atoms with Gasteiger partial charge in [0.05, 0.1) is 12.7 Å². The smallest absolute Gasteiger partial charge is 0.246 e. The van der Waals surface area contributed by atoms with Gasteiger partial charge in [0.15, 0.2) is 0 Å². The number of hydrogen-bond acceptors (Lipinski definition) is 5. The molecule has 1 aliphatic rings. The quantitative estimate of drug-likeness (QED) is 0.830. The molecule has 3 rings (SSSR count). The summed E-state index contributed by atoms with van der Waals surface area (Å²) in [6.45, 7) is 1.38. The fourth-order valence-corrected chi connectivity index (χ4v) is 4.49. The van der Waals surface area contributed by atoms with Crippen LogP contribution in [0, 0.1) is 0 Å². The zero-order valence-corrected chi connectivity index (χ0v) is 13.2. The van der Waals surface area contributed by atoms with Crippen LogP contribution in [-0.2, 0) is 23.1 Å². The summed E-state index contributed by atoms with van der Waals surface area (Å²) in [6.07, 6.45) is 4.83. The molecular weight excluding hydrogens is 308 g/mol. The van der Waals surface area contributed by atoms with Crippen molar-refractivity contribution in [2.24, 2.45) is 5.73 Å². The molecule has 0 saturated heterocycles. The van der Waals surface area contributed by atoms with Gasteiger partial charge < -0.3 is 5.73 Å². The van der Waals surface area contributed by atoms with Gasteiger partial charge in [0, 0.05) is 25.3 Å². The van der Waals surface area contributed by atoms with Gasteiger partial charge in [0.1, 0.15) is 4.90 Å². The van der Waals surface area contributed by atoms with Gasteiger partial charge in [-0.25, -0.2) is 8.42 Å². The molecule has 2 heterocycles. The molecule has 0 aliphatic heterocycles. The highest BCUT2D eigenvalue weighted by atomic mass is 32.2. The van der Waals surface area contributed by atoms with E-state index in [2.05, 4.69) is 5.10 Å². The zero-order valence-electron chi connectivity index (χ0n) is 11.6. The molecule has 2 aromatic rings. The first-order valence-corrected chi connectivity index (χ1v) is 9.25. The van der Waals surface area contributed by atoms with E-state index in [0.29, 0.717) is 19.6 Å². The van der Waals surface area contributed by atoms with E-state index in [1.165, 1.54) is 6.20 Å². The van der Waals surface area contributed by atoms with Gasteiger partial charge in [0.2, 0.25) is 10.0 Å². The lowest BCUT2D eigenvalue weighted by molar-refractivity contribution is 0.399. The van der Waals surface area contributed by atoms with E-state index in [-0.39, 0.29) is 10.9 Å². The van der Waals surface area contributed by atoms with E-state index in [1.54, 1.807) is 26.5 Å². The first-order valence-electron chi connectivity index (χ1n) is 6.86. The highest BCUT2D eigenvalue weighted by Gasteiger charge is 2.38. The molecule has 0 unspecified atom stereocenters. The van der Waals surface area contributed by atoms with Gasteiger partial charge in [-0.2, -0.15) is 20.7 Å². The van der Waals surface area contributed by atoms with E-state index in [0.717, 1.165) is 18.4 Å². The average Bonchev–Trinajstić information content (AvgIpc) is 2.96. The number of hydrogen-bond donors (Lipinski definition) is 1. The molecule has 2 N–H and O–H groups in total. The molecule has 0 spiro atoms. The summed E-state index contributed by atoms with van der Waals surface area (Å²) in [6, 6.07) is 2.08. The largest absolute Gasteiger partial charge is 0.329 e. The van der Waals surface area contributed by atoms with Crippen LogP contribution in [0.3, 0.4) is 0 Å². The number of nitrogens with two attached hydrogens (primary N) is 1. The third-order valence-electron chi connectivity index (χ3n) is 3.45. The van der Waals surface area contributed by atoms with Crippen LogP contribution in [0.4, 0.5) is 0 Å². The van der Waals surface area contributed by atoms with Gasteiger partial charge in [-0.15, -0.1) is 0 Å². The van der Waals surface area contributed by atoms with Crippen LogP contribution in [-0.4, -0.2) is 35.1 Å². The standard InChI is InChI=1S/C13H18N4O2S2/c14-4-5-16-9-13(7-15-16)21(18,19)17(12-1-2-12)8-11-3-6-20-10-11/h3,6-7,9-10,12H,1-2,4-5,8,14H2. The summed E-state index contributed by atoms with van der Waals surface area (Å²) >= 11 is 1.58. The van der Waals surface area contributed by atoms with Gasteiger partial charge >= 0.3 is 0 Å². The molecule has 0 amide bonds. The van der Waals surface area contributed by atoms with Crippen molar-refractivity contribution in [1.29, 1.82) is 0 Å². The molecule has 1 saturated carbocycles. The maximum atomic E-state index is 12.8. The van der Waals surface area contributed by atoms with Crippen LogP contribution < -0.4 is 5.73 Å². The van der Waals surface area contributed by atoms with E-state index < -0.39 is 10.0 Å². The molecule has 1 fully saturated rings. The fraction of sp³-hybridized carbons (Fsp3) is 0.462. The minimum atomic E-state index is -3.50.